The number of nitrogens with one attached hydrogen (secondary N) is 1. The number of rotatable bonds is 6. The third-order valence-electron chi connectivity index (χ3n) is 4.48. The fraction of sp³-hybridized carbons (Fsp3) is 0.143. The molecule has 2 aromatic carbocycles. The second-order valence-electron chi connectivity index (χ2n) is 6.64. The van der Waals surface area contributed by atoms with Crippen molar-refractivity contribution in [3.8, 4) is 0 Å². The molecule has 0 fully saturated rings. The smallest absolute Gasteiger partial charge is 0.261 e. The Bertz CT molecular complexity index is 1220. The van der Waals surface area contributed by atoms with Crippen molar-refractivity contribution in [2.75, 3.05) is 0 Å². The van der Waals surface area contributed by atoms with E-state index >= 15 is 0 Å². The minimum atomic E-state index is -0.520. The first-order chi connectivity index (χ1) is 14.1. The lowest BCUT2D eigenvalue weighted by atomic mass is 10.1. The number of hydrogen-bond donors (Lipinski definition) is 1. The summed E-state index contributed by atoms with van der Waals surface area (Å²) in [7, 11) is 0. The van der Waals surface area contributed by atoms with Gasteiger partial charge in [0, 0.05) is 18.9 Å². The fourth-order valence-electron chi connectivity index (χ4n) is 3.07. The Morgan fingerprint density at radius 2 is 1.97 bits per heavy atom. The Morgan fingerprint density at radius 1 is 1.10 bits per heavy atom. The Kier molecular flexibility index (Phi) is 5.15. The Hall–Kier alpha value is -3.81. The highest BCUT2D eigenvalue weighted by molar-refractivity contribution is 5.79. The van der Waals surface area contributed by atoms with Crippen molar-refractivity contribution in [3.63, 3.8) is 0 Å². The summed E-state index contributed by atoms with van der Waals surface area (Å²) in [6.45, 7) is 0.783. The predicted octanol–water partition coefficient (Wildman–Crippen LogP) is 2.10. The van der Waals surface area contributed by atoms with Crippen molar-refractivity contribution in [1.29, 1.82) is 0 Å². The molecule has 1 amide bonds. The zero-order valence-electron chi connectivity index (χ0n) is 15.5. The van der Waals surface area contributed by atoms with Crippen LogP contribution >= 0.6 is 0 Å². The van der Waals surface area contributed by atoms with E-state index in [1.165, 1.54) is 23.0 Å². The van der Waals surface area contributed by atoms with Crippen LogP contribution in [0, 0.1) is 5.82 Å². The molecule has 0 aliphatic heterocycles. The van der Waals surface area contributed by atoms with Gasteiger partial charge in [0.25, 0.3) is 5.56 Å². The minimum Gasteiger partial charge on any atom is -0.350 e. The van der Waals surface area contributed by atoms with Gasteiger partial charge in [-0.1, -0.05) is 24.3 Å². The van der Waals surface area contributed by atoms with Gasteiger partial charge in [-0.15, -0.1) is 0 Å². The molecule has 146 valence electrons. The first-order valence-electron chi connectivity index (χ1n) is 9.05. The van der Waals surface area contributed by atoms with Crippen molar-refractivity contribution in [2.45, 2.75) is 19.6 Å². The van der Waals surface area contributed by atoms with Crippen LogP contribution in [0.15, 0.2) is 72.0 Å². The van der Waals surface area contributed by atoms with Gasteiger partial charge in [0.15, 0.2) is 0 Å². The summed E-state index contributed by atoms with van der Waals surface area (Å²) >= 11 is 0. The van der Waals surface area contributed by atoms with E-state index in [0.29, 0.717) is 18.6 Å². The highest BCUT2D eigenvalue weighted by Crippen LogP contribution is 2.09. The van der Waals surface area contributed by atoms with Crippen LogP contribution in [0.4, 0.5) is 4.39 Å². The molecule has 0 aliphatic carbocycles. The number of fused-ring (bicyclic) bond motifs is 1. The number of aromatic nitrogens is 4. The fourth-order valence-corrected chi connectivity index (χ4v) is 3.07. The van der Waals surface area contributed by atoms with Gasteiger partial charge in [0.05, 0.1) is 23.8 Å². The molecule has 0 spiro atoms. The first-order valence-corrected chi connectivity index (χ1v) is 9.05. The molecule has 2 heterocycles. The molecule has 4 rings (SSSR count). The van der Waals surface area contributed by atoms with Gasteiger partial charge < -0.3 is 5.32 Å². The summed E-state index contributed by atoms with van der Waals surface area (Å²) in [5.74, 6) is -0.851. The maximum absolute atomic E-state index is 13.4. The number of benzene rings is 2. The van der Waals surface area contributed by atoms with Crippen molar-refractivity contribution in [1.82, 2.24) is 24.6 Å². The van der Waals surface area contributed by atoms with E-state index in [-0.39, 0.29) is 17.8 Å². The number of carbonyl (C=O) groups is 1. The standard InChI is InChI=1S/C21H18FN5O2/c22-17-5-6-19-18(10-17)21(29)26(14-24-19)13-20(28)23-11-15-3-1-4-16(9-15)12-27-8-2-7-25-27/h1-10,14H,11-13H2,(H,23,28). The predicted molar refractivity (Wildman–Crippen MR) is 106 cm³/mol. The topological polar surface area (TPSA) is 81.8 Å². The van der Waals surface area contributed by atoms with E-state index in [1.54, 1.807) is 6.20 Å². The van der Waals surface area contributed by atoms with E-state index in [1.807, 2.05) is 41.2 Å². The van der Waals surface area contributed by atoms with Crippen molar-refractivity contribution < 1.29 is 9.18 Å². The van der Waals surface area contributed by atoms with E-state index in [0.717, 1.165) is 17.2 Å². The molecule has 0 saturated carbocycles. The number of halogens is 1. The second kappa shape index (κ2) is 8.05. The SMILES string of the molecule is O=C(Cn1cnc2ccc(F)cc2c1=O)NCc1cccc(Cn2cccn2)c1. The van der Waals surface area contributed by atoms with Gasteiger partial charge in [0.1, 0.15) is 12.4 Å². The number of nitrogens with zero attached hydrogens (tertiary/aromatic N) is 4. The van der Waals surface area contributed by atoms with Crippen LogP contribution in [0.2, 0.25) is 0 Å². The molecule has 0 unspecified atom stereocenters. The zero-order valence-corrected chi connectivity index (χ0v) is 15.5. The zero-order chi connectivity index (χ0) is 20.2. The molecule has 0 aliphatic rings. The summed E-state index contributed by atoms with van der Waals surface area (Å²) in [6, 6.07) is 13.5. The molecule has 7 nitrogen and oxygen atoms in total. The lowest BCUT2D eigenvalue weighted by molar-refractivity contribution is -0.121. The summed E-state index contributed by atoms with van der Waals surface area (Å²) in [5.41, 5.74) is 1.94. The molecule has 2 aromatic heterocycles. The number of hydrogen-bond acceptors (Lipinski definition) is 4. The first kappa shape index (κ1) is 18.5. The van der Waals surface area contributed by atoms with E-state index in [4.69, 9.17) is 0 Å². The monoisotopic (exact) mass is 391 g/mol. The third kappa shape index (κ3) is 4.37. The Labute approximate surface area is 165 Å². The van der Waals surface area contributed by atoms with Crippen LogP contribution in [0.5, 0.6) is 0 Å². The van der Waals surface area contributed by atoms with Crippen molar-refractivity contribution in [2.24, 2.45) is 0 Å². The molecule has 29 heavy (non-hydrogen) atoms. The highest BCUT2D eigenvalue weighted by Gasteiger charge is 2.09. The van der Waals surface area contributed by atoms with Crippen molar-refractivity contribution in [3.05, 3.63) is 94.5 Å². The Balaban J connectivity index is 1.41. The average molecular weight is 391 g/mol. The van der Waals surface area contributed by atoms with Crippen LogP contribution in [-0.4, -0.2) is 25.2 Å². The lowest BCUT2D eigenvalue weighted by Gasteiger charge is -2.09. The van der Waals surface area contributed by atoms with E-state index in [2.05, 4.69) is 15.4 Å². The summed E-state index contributed by atoms with van der Waals surface area (Å²) < 4.78 is 16.4. The maximum Gasteiger partial charge on any atom is 0.261 e. The quantitative estimate of drug-likeness (QED) is 0.546. The molecule has 4 aromatic rings. The van der Waals surface area contributed by atoms with E-state index in [9.17, 15) is 14.0 Å². The van der Waals surface area contributed by atoms with Gasteiger partial charge in [-0.2, -0.15) is 5.10 Å². The third-order valence-corrected chi connectivity index (χ3v) is 4.48. The van der Waals surface area contributed by atoms with Gasteiger partial charge in [-0.05, 0) is 35.4 Å². The van der Waals surface area contributed by atoms with E-state index < -0.39 is 11.4 Å². The summed E-state index contributed by atoms with van der Waals surface area (Å²) in [4.78, 5) is 28.9. The second-order valence-corrected chi connectivity index (χ2v) is 6.64. The molecule has 0 saturated heterocycles. The van der Waals surface area contributed by atoms with Gasteiger partial charge >= 0.3 is 0 Å². The minimum absolute atomic E-state index is 0.145. The molecule has 1 N–H and O–H groups in total. The number of amides is 1. The maximum atomic E-state index is 13.4. The molecule has 0 bridgehead atoms. The van der Waals surface area contributed by atoms with Crippen LogP contribution in [0.1, 0.15) is 11.1 Å². The van der Waals surface area contributed by atoms with Crippen LogP contribution in [-0.2, 0) is 24.4 Å². The van der Waals surface area contributed by atoms with Gasteiger partial charge in [-0.25, -0.2) is 9.37 Å². The molecular weight excluding hydrogens is 373 g/mol. The van der Waals surface area contributed by atoms with Crippen molar-refractivity contribution >= 4 is 16.8 Å². The van der Waals surface area contributed by atoms with Crippen LogP contribution in [0.25, 0.3) is 10.9 Å². The highest BCUT2D eigenvalue weighted by atomic mass is 19.1. The normalized spacial score (nSPS) is 10.9. The molecule has 0 atom stereocenters. The molecular formula is C21H18FN5O2. The van der Waals surface area contributed by atoms with Crippen LogP contribution in [0.3, 0.4) is 0 Å². The van der Waals surface area contributed by atoms with Gasteiger partial charge in [0.2, 0.25) is 5.91 Å². The molecule has 0 radical (unpaired) electrons. The lowest BCUT2D eigenvalue weighted by Crippen LogP contribution is -2.32. The van der Waals surface area contributed by atoms with Gasteiger partial charge in [-0.3, -0.25) is 18.8 Å². The largest absolute Gasteiger partial charge is 0.350 e. The number of carbonyl (C=O) groups excluding carboxylic acids is 1. The Morgan fingerprint density at radius 3 is 2.79 bits per heavy atom. The molecule has 8 heteroatoms. The summed E-state index contributed by atoms with van der Waals surface area (Å²) in [6.07, 6.45) is 4.91. The average Bonchev–Trinajstić information content (AvgIpc) is 3.22. The summed E-state index contributed by atoms with van der Waals surface area (Å²) in [5, 5.41) is 7.12. The van der Waals surface area contributed by atoms with Crippen LogP contribution < -0.4 is 10.9 Å².